The summed E-state index contributed by atoms with van der Waals surface area (Å²) in [5.74, 6) is -0.523. The summed E-state index contributed by atoms with van der Waals surface area (Å²) >= 11 is 0. The van der Waals surface area contributed by atoms with E-state index in [2.05, 4.69) is 11.3 Å². The van der Waals surface area contributed by atoms with E-state index >= 15 is 0 Å². The van der Waals surface area contributed by atoms with E-state index in [1.54, 1.807) is 18.2 Å². The molecule has 196 valence electrons. The van der Waals surface area contributed by atoms with Crippen LogP contribution in [0, 0.1) is 5.41 Å². The Morgan fingerprint density at radius 3 is 2.43 bits per heavy atom. The van der Waals surface area contributed by atoms with Gasteiger partial charge in [-0.25, -0.2) is 9.59 Å². The molecule has 2 atom stereocenters. The van der Waals surface area contributed by atoms with Crippen LogP contribution in [-0.2, 0) is 9.53 Å². The van der Waals surface area contributed by atoms with Crippen LogP contribution in [0.3, 0.4) is 0 Å². The van der Waals surface area contributed by atoms with Crippen molar-refractivity contribution in [1.29, 1.82) is 0 Å². The van der Waals surface area contributed by atoms with Crippen LogP contribution >= 0.6 is 0 Å². The van der Waals surface area contributed by atoms with Gasteiger partial charge in [-0.3, -0.25) is 0 Å². The number of carbonyl (C=O) groups is 1. The number of rotatable bonds is 7. The zero-order valence-electron chi connectivity index (χ0n) is 20.4. The second-order valence-corrected chi connectivity index (χ2v) is 9.19. The van der Waals surface area contributed by atoms with Crippen molar-refractivity contribution in [3.63, 3.8) is 0 Å². The lowest BCUT2D eigenvalue weighted by Gasteiger charge is -2.32. The Bertz CT molecular complexity index is 1390. The summed E-state index contributed by atoms with van der Waals surface area (Å²) in [6, 6.07) is 10.1. The Hall–Kier alpha value is -3.95. The summed E-state index contributed by atoms with van der Waals surface area (Å²) in [5.41, 5.74) is -1.33. The van der Waals surface area contributed by atoms with Gasteiger partial charge in [-0.15, -0.1) is 13.2 Å². The van der Waals surface area contributed by atoms with E-state index in [0.29, 0.717) is 24.0 Å². The van der Waals surface area contributed by atoms with Crippen LogP contribution < -0.4 is 19.8 Å². The van der Waals surface area contributed by atoms with Gasteiger partial charge in [0.25, 0.3) is 0 Å². The van der Waals surface area contributed by atoms with Gasteiger partial charge in [-0.05, 0) is 43.2 Å². The van der Waals surface area contributed by atoms with Crippen molar-refractivity contribution in [3.8, 4) is 28.4 Å². The summed E-state index contributed by atoms with van der Waals surface area (Å²) in [4.78, 5) is 24.5. The minimum absolute atomic E-state index is 0.0954. The highest BCUT2D eigenvalue weighted by molar-refractivity contribution is 5.84. The van der Waals surface area contributed by atoms with Crippen LogP contribution in [-0.4, -0.2) is 31.6 Å². The molecule has 0 aliphatic heterocycles. The summed E-state index contributed by atoms with van der Waals surface area (Å²) in [7, 11) is 1.30. The molecule has 1 fully saturated rings. The number of hydrogen-bond acceptors (Lipinski definition) is 7. The highest BCUT2D eigenvalue weighted by Gasteiger charge is 2.47. The summed E-state index contributed by atoms with van der Waals surface area (Å²) in [6.45, 7) is 7.30. The first kappa shape index (κ1) is 26.1. The number of carbonyl (C=O) groups excluding carboxylic acids is 1. The van der Waals surface area contributed by atoms with E-state index < -0.39 is 29.1 Å². The van der Waals surface area contributed by atoms with Crippen LogP contribution in [0.15, 0.2) is 64.3 Å². The number of ether oxygens (including phenoxy) is 4. The van der Waals surface area contributed by atoms with E-state index in [1.165, 1.54) is 25.3 Å². The lowest BCUT2D eigenvalue weighted by molar-refractivity contribution is -0.274. The van der Waals surface area contributed by atoms with Crippen molar-refractivity contribution in [2.45, 2.75) is 45.3 Å². The maximum atomic E-state index is 13.0. The number of methoxy groups -OCH3 is 1. The average Bonchev–Trinajstić information content (AvgIpc) is 3.10. The van der Waals surface area contributed by atoms with Gasteiger partial charge in [-0.1, -0.05) is 20.4 Å². The van der Waals surface area contributed by atoms with Crippen LogP contribution in [0.2, 0.25) is 0 Å². The normalized spacial score (nSPS) is 18.9. The maximum absolute atomic E-state index is 13.0. The number of benzene rings is 2. The molecule has 0 amide bonds. The Morgan fingerprint density at radius 1 is 1.05 bits per heavy atom. The van der Waals surface area contributed by atoms with E-state index in [1.807, 2.05) is 13.8 Å². The SMILES string of the molecule is C=CC(=O)OC1CCC(Oc2ccc3cc(-c4ccc(OC)cc4OC(F)(F)F)c(=O)oc3c2)C1(C)C. The first-order valence-corrected chi connectivity index (χ1v) is 11.4. The number of halogens is 3. The van der Waals surface area contributed by atoms with Gasteiger partial charge in [0.1, 0.15) is 35.0 Å². The van der Waals surface area contributed by atoms with E-state index in [0.717, 1.165) is 12.1 Å². The quantitative estimate of drug-likeness (QED) is 0.214. The van der Waals surface area contributed by atoms with Crippen LogP contribution in [0.1, 0.15) is 26.7 Å². The van der Waals surface area contributed by atoms with Gasteiger partial charge in [0.05, 0.1) is 12.7 Å². The molecule has 37 heavy (non-hydrogen) atoms. The molecule has 0 radical (unpaired) electrons. The smallest absolute Gasteiger partial charge is 0.497 e. The summed E-state index contributed by atoms with van der Waals surface area (Å²) < 4.78 is 65.1. The van der Waals surface area contributed by atoms with Gasteiger partial charge < -0.3 is 23.4 Å². The third-order valence-electron chi connectivity index (χ3n) is 6.47. The molecule has 1 aliphatic rings. The molecule has 7 nitrogen and oxygen atoms in total. The fourth-order valence-electron chi connectivity index (χ4n) is 4.44. The van der Waals surface area contributed by atoms with Gasteiger partial charge >= 0.3 is 18.0 Å². The van der Waals surface area contributed by atoms with Crippen molar-refractivity contribution in [2.24, 2.45) is 5.41 Å². The molecule has 1 aliphatic carbocycles. The second-order valence-electron chi connectivity index (χ2n) is 9.19. The van der Waals surface area contributed by atoms with E-state index in [4.69, 9.17) is 18.6 Å². The monoisotopic (exact) mass is 518 g/mol. The number of fused-ring (bicyclic) bond motifs is 1. The predicted octanol–water partition coefficient (Wildman–Crippen LogP) is 6.03. The van der Waals surface area contributed by atoms with Crippen LogP contribution in [0.5, 0.6) is 17.2 Å². The third kappa shape index (κ3) is 5.58. The van der Waals surface area contributed by atoms with Crippen molar-refractivity contribution in [2.75, 3.05) is 7.11 Å². The fourth-order valence-corrected chi connectivity index (χ4v) is 4.44. The van der Waals surface area contributed by atoms with Gasteiger partial charge in [0.2, 0.25) is 0 Å². The summed E-state index contributed by atoms with van der Waals surface area (Å²) in [6.07, 6.45) is -3.22. The summed E-state index contributed by atoms with van der Waals surface area (Å²) in [5, 5.41) is 0.471. The molecule has 1 aromatic heterocycles. The highest BCUT2D eigenvalue weighted by Crippen LogP contribution is 2.43. The number of alkyl halides is 3. The maximum Gasteiger partial charge on any atom is 0.573 e. The molecule has 3 aromatic rings. The van der Waals surface area contributed by atoms with Crippen LogP contribution in [0.25, 0.3) is 22.1 Å². The number of esters is 1. The first-order valence-electron chi connectivity index (χ1n) is 11.4. The first-order chi connectivity index (χ1) is 17.4. The minimum atomic E-state index is -4.97. The molecule has 4 rings (SSSR count). The molecule has 2 aromatic carbocycles. The molecule has 0 saturated heterocycles. The minimum Gasteiger partial charge on any atom is -0.497 e. The zero-order valence-corrected chi connectivity index (χ0v) is 20.4. The Kier molecular flexibility index (Phi) is 6.94. The third-order valence-corrected chi connectivity index (χ3v) is 6.47. The molecule has 0 spiro atoms. The molecule has 1 saturated carbocycles. The molecule has 0 N–H and O–H groups in total. The highest BCUT2D eigenvalue weighted by atomic mass is 19.4. The van der Waals surface area contributed by atoms with Gasteiger partial charge in [0, 0.05) is 34.6 Å². The second kappa shape index (κ2) is 9.84. The average molecular weight is 518 g/mol. The van der Waals surface area contributed by atoms with Crippen molar-refractivity contribution >= 4 is 16.9 Å². The standard InChI is InChI=1S/C27H25F3O7/c1-5-24(31)36-23-11-10-22(26(23,2)3)34-17-7-6-15-12-19(25(32)35-20(15)14-17)18-9-8-16(33-4)13-21(18)37-27(28,29)30/h5-9,12-14,22-23H,1,10-11H2,2-4H3. The Morgan fingerprint density at radius 2 is 1.76 bits per heavy atom. The molecular weight excluding hydrogens is 493 g/mol. The molecule has 2 unspecified atom stereocenters. The predicted molar refractivity (Wildman–Crippen MR) is 129 cm³/mol. The lowest BCUT2D eigenvalue weighted by Crippen LogP contribution is -2.38. The zero-order chi connectivity index (χ0) is 27.0. The van der Waals surface area contributed by atoms with E-state index in [-0.39, 0.29) is 34.7 Å². The molecule has 0 bridgehead atoms. The Balaban J connectivity index is 1.63. The fraction of sp³-hybridized carbons (Fsp3) is 0.333. The van der Waals surface area contributed by atoms with E-state index in [9.17, 15) is 22.8 Å². The van der Waals surface area contributed by atoms with Crippen LogP contribution in [0.4, 0.5) is 13.2 Å². The van der Waals surface area contributed by atoms with Crippen molar-refractivity contribution in [3.05, 3.63) is 65.5 Å². The topological polar surface area (TPSA) is 84.2 Å². The number of hydrogen-bond donors (Lipinski definition) is 0. The Labute approximate surface area is 210 Å². The molecular formula is C27H25F3O7. The largest absolute Gasteiger partial charge is 0.573 e. The van der Waals surface area contributed by atoms with Gasteiger partial charge in [0.15, 0.2) is 0 Å². The molecule has 10 heteroatoms. The lowest BCUT2D eigenvalue weighted by atomic mass is 9.87. The van der Waals surface area contributed by atoms with Gasteiger partial charge in [-0.2, -0.15) is 0 Å². The van der Waals surface area contributed by atoms with Crippen molar-refractivity contribution < 1.29 is 41.3 Å². The molecule has 1 heterocycles. The van der Waals surface area contributed by atoms with Crippen molar-refractivity contribution in [1.82, 2.24) is 0 Å².